The SMILES string of the molecule is CC(=O)N(c1nc(C=C2N=C(c3ccccc3Cl)OC2=O)cs1)c1cccc(C)c1C. The number of aryl methyl sites for hydroxylation is 1. The van der Waals surface area contributed by atoms with E-state index in [9.17, 15) is 9.59 Å². The van der Waals surface area contributed by atoms with Gasteiger partial charge in [-0.2, -0.15) is 0 Å². The van der Waals surface area contributed by atoms with Crippen LogP contribution in [0.15, 0.2) is 58.5 Å². The van der Waals surface area contributed by atoms with Crippen molar-refractivity contribution in [3.05, 3.63) is 80.9 Å². The van der Waals surface area contributed by atoms with Gasteiger partial charge < -0.3 is 4.74 Å². The van der Waals surface area contributed by atoms with Crippen LogP contribution in [0.25, 0.3) is 6.08 Å². The molecular formula is C23H18ClN3O3S. The summed E-state index contributed by atoms with van der Waals surface area (Å²) in [5.41, 5.74) is 4.03. The number of thiazole rings is 1. The van der Waals surface area contributed by atoms with Gasteiger partial charge in [0, 0.05) is 12.3 Å². The number of carbonyl (C=O) groups excluding carboxylic acids is 2. The van der Waals surface area contributed by atoms with Crippen molar-refractivity contribution >= 4 is 57.6 Å². The molecule has 31 heavy (non-hydrogen) atoms. The highest BCUT2D eigenvalue weighted by molar-refractivity contribution is 7.14. The fourth-order valence-corrected chi connectivity index (χ4v) is 4.18. The molecule has 3 aromatic rings. The zero-order valence-electron chi connectivity index (χ0n) is 17.0. The smallest absolute Gasteiger partial charge is 0.363 e. The Hall–Kier alpha value is -3.29. The summed E-state index contributed by atoms with van der Waals surface area (Å²) in [6.45, 7) is 5.46. The molecule has 0 atom stereocenters. The highest BCUT2D eigenvalue weighted by atomic mass is 35.5. The van der Waals surface area contributed by atoms with E-state index in [1.54, 1.807) is 34.5 Å². The Kier molecular flexibility index (Phi) is 5.71. The zero-order valence-corrected chi connectivity index (χ0v) is 18.6. The molecule has 2 aromatic carbocycles. The lowest BCUT2D eigenvalue weighted by Crippen LogP contribution is -2.23. The summed E-state index contributed by atoms with van der Waals surface area (Å²) >= 11 is 7.48. The van der Waals surface area contributed by atoms with Crippen LogP contribution >= 0.6 is 22.9 Å². The molecule has 0 spiro atoms. The van der Waals surface area contributed by atoms with E-state index in [-0.39, 0.29) is 17.5 Å². The minimum Gasteiger partial charge on any atom is -0.402 e. The first-order valence-corrected chi connectivity index (χ1v) is 10.7. The summed E-state index contributed by atoms with van der Waals surface area (Å²) in [5.74, 6) is -0.581. The maximum Gasteiger partial charge on any atom is 0.363 e. The first kappa shape index (κ1) is 21.0. The van der Waals surface area contributed by atoms with Crippen molar-refractivity contribution < 1.29 is 14.3 Å². The van der Waals surface area contributed by atoms with Crippen molar-refractivity contribution in [1.29, 1.82) is 0 Å². The van der Waals surface area contributed by atoms with Crippen LogP contribution in [0.5, 0.6) is 0 Å². The normalized spacial score (nSPS) is 14.5. The molecule has 1 aliphatic heterocycles. The van der Waals surface area contributed by atoms with Gasteiger partial charge >= 0.3 is 5.97 Å². The van der Waals surface area contributed by atoms with Gasteiger partial charge in [0.25, 0.3) is 0 Å². The maximum absolute atomic E-state index is 12.4. The average Bonchev–Trinajstić information content (AvgIpc) is 3.33. The fraction of sp³-hybridized carbons (Fsp3) is 0.130. The molecule has 1 amide bonds. The summed E-state index contributed by atoms with van der Waals surface area (Å²) < 4.78 is 5.27. The molecule has 8 heteroatoms. The van der Waals surface area contributed by atoms with Gasteiger partial charge in [0.1, 0.15) is 0 Å². The van der Waals surface area contributed by atoms with Gasteiger partial charge in [-0.05, 0) is 49.2 Å². The van der Waals surface area contributed by atoms with Crippen LogP contribution in [-0.4, -0.2) is 22.8 Å². The molecule has 0 fully saturated rings. The van der Waals surface area contributed by atoms with Crippen molar-refractivity contribution in [2.24, 2.45) is 4.99 Å². The molecule has 1 aromatic heterocycles. The summed E-state index contributed by atoms with van der Waals surface area (Å²) in [7, 11) is 0. The van der Waals surface area contributed by atoms with E-state index in [2.05, 4.69) is 9.98 Å². The number of halogens is 1. The number of rotatable bonds is 4. The Labute approximate surface area is 188 Å². The topological polar surface area (TPSA) is 71.9 Å². The number of nitrogens with zero attached hydrogens (tertiary/aromatic N) is 3. The number of benzene rings is 2. The first-order chi connectivity index (χ1) is 14.8. The van der Waals surface area contributed by atoms with Crippen LogP contribution in [0.1, 0.15) is 29.3 Å². The number of amides is 1. The van der Waals surface area contributed by atoms with Gasteiger partial charge in [-0.3, -0.25) is 9.69 Å². The summed E-state index contributed by atoms with van der Waals surface area (Å²) in [4.78, 5) is 35.1. The maximum atomic E-state index is 12.4. The zero-order chi connectivity index (χ0) is 22.1. The number of anilines is 2. The van der Waals surface area contributed by atoms with Crippen molar-refractivity contribution in [3.8, 4) is 0 Å². The summed E-state index contributed by atoms with van der Waals surface area (Å²) in [5, 5.41) is 2.71. The molecule has 6 nitrogen and oxygen atoms in total. The van der Waals surface area contributed by atoms with Gasteiger partial charge in [-0.15, -0.1) is 11.3 Å². The van der Waals surface area contributed by atoms with Crippen LogP contribution in [0.4, 0.5) is 10.8 Å². The Bertz CT molecular complexity index is 1260. The van der Waals surface area contributed by atoms with Crippen LogP contribution in [-0.2, 0) is 14.3 Å². The highest BCUT2D eigenvalue weighted by Crippen LogP contribution is 2.33. The molecule has 4 rings (SSSR count). The van der Waals surface area contributed by atoms with Crippen LogP contribution in [0, 0.1) is 13.8 Å². The number of hydrogen-bond acceptors (Lipinski definition) is 6. The lowest BCUT2D eigenvalue weighted by molar-refractivity contribution is -0.130. The average molecular weight is 452 g/mol. The quantitative estimate of drug-likeness (QED) is 0.391. The molecule has 0 saturated heterocycles. The van der Waals surface area contributed by atoms with E-state index in [0.717, 1.165) is 16.8 Å². The molecule has 0 radical (unpaired) electrons. The molecule has 0 N–H and O–H groups in total. The molecule has 0 unspecified atom stereocenters. The van der Waals surface area contributed by atoms with Gasteiger partial charge in [0.2, 0.25) is 11.8 Å². The van der Waals surface area contributed by atoms with Crippen molar-refractivity contribution in [2.75, 3.05) is 4.90 Å². The second-order valence-corrected chi connectivity index (χ2v) is 8.19. The van der Waals surface area contributed by atoms with E-state index < -0.39 is 5.97 Å². The van der Waals surface area contributed by atoms with Gasteiger partial charge in [0.05, 0.1) is 22.0 Å². The number of aromatic nitrogens is 1. The molecule has 0 saturated carbocycles. The predicted octanol–water partition coefficient (Wildman–Crippen LogP) is 5.44. The van der Waals surface area contributed by atoms with Crippen molar-refractivity contribution in [3.63, 3.8) is 0 Å². The minimum atomic E-state index is -0.581. The number of hydrogen-bond donors (Lipinski definition) is 0. The summed E-state index contributed by atoms with van der Waals surface area (Å²) in [6.07, 6.45) is 1.54. The third kappa shape index (κ3) is 4.15. The Morgan fingerprint density at radius 3 is 2.68 bits per heavy atom. The molecule has 156 valence electrons. The van der Waals surface area contributed by atoms with Gasteiger partial charge in [0.15, 0.2) is 10.8 Å². The lowest BCUT2D eigenvalue weighted by Gasteiger charge is -2.21. The van der Waals surface area contributed by atoms with Crippen LogP contribution in [0.3, 0.4) is 0 Å². The highest BCUT2D eigenvalue weighted by Gasteiger charge is 2.26. The van der Waals surface area contributed by atoms with E-state index in [1.807, 2.05) is 32.0 Å². The van der Waals surface area contributed by atoms with Gasteiger partial charge in [-0.25, -0.2) is 14.8 Å². The van der Waals surface area contributed by atoms with Crippen LogP contribution in [0.2, 0.25) is 5.02 Å². The molecule has 0 aliphatic carbocycles. The minimum absolute atomic E-state index is 0.118. The van der Waals surface area contributed by atoms with Crippen molar-refractivity contribution in [1.82, 2.24) is 4.98 Å². The standard InChI is InChI=1S/C23H18ClN3O3S/c1-13-7-6-10-20(14(13)2)27(15(3)28)23-25-16(12-31-23)11-19-22(29)30-21(26-19)17-8-4-5-9-18(17)24/h4-12H,1-3H3. The number of carbonyl (C=O) groups is 2. The van der Waals surface area contributed by atoms with Crippen LogP contribution < -0.4 is 4.90 Å². The van der Waals surface area contributed by atoms with E-state index in [4.69, 9.17) is 16.3 Å². The fourth-order valence-electron chi connectivity index (χ4n) is 3.13. The predicted molar refractivity (Wildman–Crippen MR) is 123 cm³/mol. The third-order valence-electron chi connectivity index (χ3n) is 4.84. The van der Waals surface area contributed by atoms with E-state index in [1.165, 1.54) is 24.3 Å². The Balaban J connectivity index is 1.67. The largest absolute Gasteiger partial charge is 0.402 e. The summed E-state index contributed by atoms with van der Waals surface area (Å²) in [6, 6.07) is 12.8. The molecule has 1 aliphatic rings. The monoisotopic (exact) mass is 451 g/mol. The first-order valence-electron chi connectivity index (χ1n) is 9.45. The van der Waals surface area contributed by atoms with E-state index >= 15 is 0 Å². The molecular weight excluding hydrogens is 434 g/mol. The van der Waals surface area contributed by atoms with E-state index in [0.29, 0.717) is 21.4 Å². The van der Waals surface area contributed by atoms with Crippen molar-refractivity contribution in [2.45, 2.75) is 20.8 Å². The molecule has 2 heterocycles. The molecule has 0 bridgehead atoms. The Morgan fingerprint density at radius 1 is 1.16 bits per heavy atom. The number of aliphatic imine (C=N–C) groups is 1. The second-order valence-electron chi connectivity index (χ2n) is 6.94. The number of esters is 1. The third-order valence-corrected chi connectivity index (χ3v) is 6.02. The lowest BCUT2D eigenvalue weighted by atomic mass is 10.1. The van der Waals surface area contributed by atoms with Gasteiger partial charge in [-0.1, -0.05) is 35.9 Å². The number of ether oxygens (including phenoxy) is 1. The Morgan fingerprint density at radius 2 is 1.94 bits per heavy atom. The second kappa shape index (κ2) is 8.45. The number of cyclic esters (lactones) is 1.